The van der Waals surface area contributed by atoms with E-state index in [1.165, 1.54) is 16.7 Å². The summed E-state index contributed by atoms with van der Waals surface area (Å²) in [5.41, 5.74) is 13.3. The van der Waals surface area contributed by atoms with Gasteiger partial charge in [-0.1, -0.05) is 158 Å². The first kappa shape index (κ1) is 31.8. The van der Waals surface area contributed by atoms with E-state index in [1.54, 1.807) is 0 Å². The molecule has 9 aromatic rings. The SMILES string of the molecule is c1ccc(-c2ccc3oc4cccc(C5=NC(c6cccc7c6-c6ccccc6C76c7ccccc7Oc7ccccc76)=NC(c6ccccc6)N5)c4c3c2)cc1. The van der Waals surface area contributed by atoms with Gasteiger partial charge in [0.25, 0.3) is 0 Å². The Kier molecular flexibility index (Phi) is 6.84. The summed E-state index contributed by atoms with van der Waals surface area (Å²) < 4.78 is 13.1. The molecule has 0 radical (unpaired) electrons. The normalized spacial score (nSPS) is 15.8. The Balaban J connectivity index is 1.11. The van der Waals surface area contributed by atoms with Gasteiger partial charge in [0.15, 0.2) is 5.84 Å². The van der Waals surface area contributed by atoms with Gasteiger partial charge in [-0.25, -0.2) is 9.98 Å². The van der Waals surface area contributed by atoms with Gasteiger partial charge in [-0.3, -0.25) is 0 Å². The maximum atomic E-state index is 6.60. The number of fused-ring (bicyclic) bond motifs is 12. The number of nitrogens with one attached hydrogen (secondary N) is 1. The average molecular weight is 732 g/mol. The van der Waals surface area contributed by atoms with Crippen LogP contribution in [0, 0.1) is 0 Å². The molecule has 0 bridgehead atoms. The summed E-state index contributed by atoms with van der Waals surface area (Å²) in [6.45, 7) is 0. The lowest BCUT2D eigenvalue weighted by Gasteiger charge is -2.39. The lowest BCUT2D eigenvalue weighted by Crippen LogP contribution is -2.34. The number of hydrogen-bond acceptors (Lipinski definition) is 5. The first-order chi connectivity index (χ1) is 28.3. The minimum atomic E-state index is -0.593. The van der Waals surface area contributed by atoms with Gasteiger partial charge in [-0.05, 0) is 69.3 Å². The smallest absolute Gasteiger partial charge is 0.160 e. The predicted molar refractivity (Wildman–Crippen MR) is 228 cm³/mol. The topological polar surface area (TPSA) is 59.1 Å². The standard InChI is InChI=1S/C52H33N3O2/c1-3-15-32(16-4-1)34-29-30-43-38(31-34)48-37(21-14-28-46(48)56-43)51-54-49(33-17-5-2-6-18-33)53-50(55-51)36-20-13-25-42-47(36)35-19-7-8-22-39(35)52(42)40-23-9-11-26-44(40)57-45-27-12-10-24-41(45)52/h1-31,49H,(H,53,54,55). The van der Waals surface area contributed by atoms with Crippen molar-refractivity contribution in [1.29, 1.82) is 0 Å². The average Bonchev–Trinajstić information content (AvgIpc) is 3.81. The molecule has 1 aromatic heterocycles. The largest absolute Gasteiger partial charge is 0.457 e. The number of aliphatic imine (C=N–C) groups is 2. The molecule has 3 aliphatic rings. The van der Waals surface area contributed by atoms with E-state index in [4.69, 9.17) is 19.1 Å². The molecule has 1 unspecified atom stereocenters. The molecule has 5 nitrogen and oxygen atoms in total. The van der Waals surface area contributed by atoms with Gasteiger partial charge in [0, 0.05) is 33.0 Å². The van der Waals surface area contributed by atoms with Crippen LogP contribution in [0.3, 0.4) is 0 Å². The highest BCUT2D eigenvalue weighted by molar-refractivity contribution is 6.23. The van der Waals surface area contributed by atoms with Crippen molar-refractivity contribution in [3.05, 3.63) is 227 Å². The van der Waals surface area contributed by atoms with Crippen LogP contribution in [-0.2, 0) is 5.41 Å². The zero-order chi connectivity index (χ0) is 37.5. The maximum absolute atomic E-state index is 6.60. The van der Waals surface area contributed by atoms with Crippen LogP contribution in [-0.4, -0.2) is 11.7 Å². The van der Waals surface area contributed by atoms with Gasteiger partial charge in [0.1, 0.15) is 34.7 Å². The van der Waals surface area contributed by atoms with Gasteiger partial charge in [-0.2, -0.15) is 0 Å². The summed E-state index contributed by atoms with van der Waals surface area (Å²) in [5.74, 6) is 3.14. The lowest BCUT2D eigenvalue weighted by molar-refractivity contribution is 0.436. The molecule has 1 atom stereocenters. The van der Waals surface area contributed by atoms with Crippen LogP contribution in [0.2, 0.25) is 0 Å². The molecule has 1 N–H and O–H groups in total. The molecule has 57 heavy (non-hydrogen) atoms. The Morgan fingerprint density at radius 3 is 1.91 bits per heavy atom. The highest BCUT2D eigenvalue weighted by Gasteiger charge is 2.51. The van der Waals surface area contributed by atoms with Crippen LogP contribution in [0.4, 0.5) is 0 Å². The zero-order valence-electron chi connectivity index (χ0n) is 30.7. The Labute approximate surface area is 329 Å². The van der Waals surface area contributed by atoms with Crippen molar-refractivity contribution < 1.29 is 9.15 Å². The first-order valence-corrected chi connectivity index (χ1v) is 19.4. The molecule has 3 heterocycles. The van der Waals surface area contributed by atoms with E-state index in [9.17, 15) is 0 Å². The highest BCUT2D eigenvalue weighted by Crippen LogP contribution is 2.62. The van der Waals surface area contributed by atoms with E-state index in [0.29, 0.717) is 5.84 Å². The van der Waals surface area contributed by atoms with Crippen LogP contribution in [0.25, 0.3) is 44.2 Å². The molecule has 0 saturated heterocycles. The van der Waals surface area contributed by atoms with Crippen molar-refractivity contribution in [3.8, 4) is 33.8 Å². The second kappa shape index (κ2) is 12.3. The van der Waals surface area contributed by atoms with Crippen molar-refractivity contribution in [2.24, 2.45) is 9.98 Å². The molecule has 2 aliphatic heterocycles. The van der Waals surface area contributed by atoms with E-state index in [2.05, 4.69) is 169 Å². The summed E-state index contributed by atoms with van der Waals surface area (Å²) in [7, 11) is 0. The number of ether oxygens (including phenoxy) is 1. The van der Waals surface area contributed by atoms with Crippen LogP contribution >= 0.6 is 0 Å². The number of furan rings is 1. The number of benzene rings is 8. The second-order valence-electron chi connectivity index (χ2n) is 14.8. The van der Waals surface area contributed by atoms with Crippen molar-refractivity contribution in [2.45, 2.75) is 11.6 Å². The van der Waals surface area contributed by atoms with E-state index >= 15 is 0 Å². The fraction of sp³-hybridized carbons (Fsp3) is 0.0385. The fourth-order valence-electron chi connectivity index (χ4n) is 9.44. The van der Waals surface area contributed by atoms with Crippen molar-refractivity contribution in [1.82, 2.24) is 5.32 Å². The number of para-hydroxylation sites is 2. The minimum absolute atomic E-state index is 0.381. The third-order valence-electron chi connectivity index (χ3n) is 11.8. The molecule has 0 saturated carbocycles. The maximum Gasteiger partial charge on any atom is 0.160 e. The number of hydrogen-bond donors (Lipinski definition) is 1. The number of amidine groups is 2. The minimum Gasteiger partial charge on any atom is -0.457 e. The monoisotopic (exact) mass is 731 g/mol. The Bertz CT molecular complexity index is 3100. The number of nitrogens with zero attached hydrogens (tertiary/aromatic N) is 2. The van der Waals surface area contributed by atoms with E-state index in [1.807, 2.05) is 24.3 Å². The van der Waals surface area contributed by atoms with Crippen molar-refractivity contribution in [3.63, 3.8) is 0 Å². The molecular weight excluding hydrogens is 699 g/mol. The third kappa shape index (κ3) is 4.63. The molecule has 8 aromatic carbocycles. The van der Waals surface area contributed by atoms with E-state index in [-0.39, 0.29) is 6.17 Å². The van der Waals surface area contributed by atoms with Crippen LogP contribution in [0.5, 0.6) is 11.5 Å². The highest BCUT2D eigenvalue weighted by atomic mass is 16.5. The zero-order valence-corrected chi connectivity index (χ0v) is 30.7. The molecule has 0 amide bonds. The van der Waals surface area contributed by atoms with E-state index < -0.39 is 5.41 Å². The quantitative estimate of drug-likeness (QED) is 0.196. The summed E-state index contributed by atoms with van der Waals surface area (Å²) in [6.07, 6.45) is -0.381. The van der Waals surface area contributed by atoms with Gasteiger partial charge < -0.3 is 14.5 Å². The molecule has 5 heteroatoms. The summed E-state index contributed by atoms with van der Waals surface area (Å²) in [6, 6.07) is 65.9. The molecule has 0 fully saturated rings. The summed E-state index contributed by atoms with van der Waals surface area (Å²) >= 11 is 0. The van der Waals surface area contributed by atoms with E-state index in [0.717, 1.165) is 83.8 Å². The number of rotatable bonds is 4. The molecule has 1 spiro atoms. The van der Waals surface area contributed by atoms with Gasteiger partial charge in [-0.15, -0.1) is 0 Å². The molecular formula is C52H33N3O2. The van der Waals surface area contributed by atoms with Gasteiger partial charge >= 0.3 is 0 Å². The fourth-order valence-corrected chi connectivity index (χ4v) is 9.44. The molecule has 1 aliphatic carbocycles. The summed E-state index contributed by atoms with van der Waals surface area (Å²) in [4.78, 5) is 10.9. The second-order valence-corrected chi connectivity index (χ2v) is 14.8. The van der Waals surface area contributed by atoms with Gasteiger partial charge in [0.2, 0.25) is 0 Å². The first-order valence-electron chi connectivity index (χ1n) is 19.4. The summed E-state index contributed by atoms with van der Waals surface area (Å²) in [5, 5.41) is 5.81. The Hall–Kier alpha value is -7.50. The van der Waals surface area contributed by atoms with Crippen molar-refractivity contribution >= 4 is 33.6 Å². The molecule has 268 valence electrons. The Morgan fingerprint density at radius 2 is 1.12 bits per heavy atom. The van der Waals surface area contributed by atoms with Gasteiger partial charge in [0.05, 0.1) is 5.41 Å². The predicted octanol–water partition coefficient (Wildman–Crippen LogP) is 12.2. The van der Waals surface area contributed by atoms with Crippen LogP contribution in [0.1, 0.15) is 45.1 Å². The third-order valence-corrected chi connectivity index (χ3v) is 11.8. The van der Waals surface area contributed by atoms with Crippen LogP contribution < -0.4 is 10.1 Å². The van der Waals surface area contributed by atoms with Crippen molar-refractivity contribution in [2.75, 3.05) is 0 Å². The Morgan fingerprint density at radius 1 is 0.491 bits per heavy atom. The molecule has 12 rings (SSSR count). The van der Waals surface area contributed by atoms with Crippen LogP contribution in [0.15, 0.2) is 202 Å². The lowest BCUT2D eigenvalue weighted by atomic mass is 9.66.